The topological polar surface area (TPSA) is 43.8 Å². The summed E-state index contributed by atoms with van der Waals surface area (Å²) in [6, 6.07) is 8.41. The summed E-state index contributed by atoms with van der Waals surface area (Å²) in [4.78, 5) is 3.94. The van der Waals surface area contributed by atoms with Crippen molar-refractivity contribution in [1.29, 1.82) is 0 Å². The Labute approximate surface area is 126 Å². The first-order chi connectivity index (χ1) is 5.86. The van der Waals surface area contributed by atoms with Gasteiger partial charge in [0.2, 0.25) is 0 Å². The summed E-state index contributed by atoms with van der Waals surface area (Å²) in [5, 5.41) is 0. The van der Waals surface area contributed by atoms with Gasteiger partial charge in [-0.2, -0.15) is 18.2 Å². The largest absolute Gasteiger partial charge is 1.00 e. The van der Waals surface area contributed by atoms with Crippen LogP contribution in [0.4, 0.5) is 5.69 Å². The molecule has 0 fully saturated rings. The van der Waals surface area contributed by atoms with E-state index in [4.69, 9.17) is 5.73 Å². The molecule has 0 bridgehead atoms. The van der Waals surface area contributed by atoms with E-state index in [1.165, 1.54) is 0 Å². The molecule has 1 heterocycles. The molecule has 0 spiro atoms. The van der Waals surface area contributed by atoms with Crippen LogP contribution in [0.5, 0.6) is 0 Å². The Morgan fingerprint density at radius 2 is 2.23 bits per heavy atom. The van der Waals surface area contributed by atoms with Gasteiger partial charge in [0.1, 0.15) is 0 Å². The van der Waals surface area contributed by atoms with Crippen LogP contribution in [0.25, 0.3) is 5.69 Å². The van der Waals surface area contributed by atoms with Crippen LogP contribution in [0.2, 0.25) is 0 Å². The molecule has 0 saturated carbocycles. The molecule has 3 nitrogen and oxygen atoms in total. The second-order valence-electron chi connectivity index (χ2n) is 2.49. The van der Waals surface area contributed by atoms with Crippen LogP contribution in [0.15, 0.2) is 36.9 Å². The summed E-state index contributed by atoms with van der Waals surface area (Å²) in [6.45, 7) is 0. The molecular weight excluding hydrogens is 236 g/mol. The maximum absolute atomic E-state index is 5.60. The van der Waals surface area contributed by atoms with Gasteiger partial charge in [-0.15, -0.1) is 6.07 Å². The summed E-state index contributed by atoms with van der Waals surface area (Å²) in [5.74, 6) is 0. The molecular formula is C9H8N3Rb. The van der Waals surface area contributed by atoms with E-state index in [0.29, 0.717) is 5.69 Å². The van der Waals surface area contributed by atoms with Crippen molar-refractivity contribution >= 4 is 5.69 Å². The number of nitrogens with zero attached hydrogens (tertiary/aromatic N) is 2. The van der Waals surface area contributed by atoms with Gasteiger partial charge in [-0.05, 0) is 0 Å². The fraction of sp³-hybridized carbons (Fsp3) is 0. The number of hydrogen-bond acceptors (Lipinski definition) is 2. The predicted molar refractivity (Wildman–Crippen MR) is 46.8 cm³/mol. The SMILES string of the molecule is Nc1c[c-]cc(-n2ccnc2)c1.[Rb+]. The van der Waals surface area contributed by atoms with Crippen LogP contribution in [0.1, 0.15) is 0 Å². The minimum absolute atomic E-state index is 0. The Morgan fingerprint density at radius 1 is 1.38 bits per heavy atom. The first kappa shape index (κ1) is 11.1. The summed E-state index contributed by atoms with van der Waals surface area (Å²) >= 11 is 0. The first-order valence-electron chi connectivity index (χ1n) is 3.61. The normalized spacial score (nSPS) is 9.23. The fourth-order valence-corrected chi connectivity index (χ4v) is 1.04. The minimum atomic E-state index is 0. The zero-order valence-corrected chi connectivity index (χ0v) is 12.4. The van der Waals surface area contributed by atoms with Crippen molar-refractivity contribution in [3.8, 4) is 5.69 Å². The molecule has 0 aliphatic heterocycles. The molecule has 0 amide bonds. The quantitative estimate of drug-likeness (QED) is 0.477. The van der Waals surface area contributed by atoms with Crippen molar-refractivity contribution in [1.82, 2.24) is 9.55 Å². The summed E-state index contributed by atoms with van der Waals surface area (Å²) < 4.78 is 1.88. The van der Waals surface area contributed by atoms with Gasteiger partial charge >= 0.3 is 58.2 Å². The van der Waals surface area contributed by atoms with Gasteiger partial charge in [0.25, 0.3) is 0 Å². The van der Waals surface area contributed by atoms with Crippen LogP contribution >= 0.6 is 0 Å². The Balaban J connectivity index is 0.000000845. The Bertz CT molecular complexity index is 370. The van der Waals surface area contributed by atoms with Crippen molar-refractivity contribution in [3.63, 3.8) is 0 Å². The maximum Gasteiger partial charge on any atom is 1.00 e. The summed E-state index contributed by atoms with van der Waals surface area (Å²) in [7, 11) is 0. The molecule has 4 heteroatoms. The van der Waals surface area contributed by atoms with E-state index in [1.54, 1.807) is 18.6 Å². The third-order valence-corrected chi connectivity index (χ3v) is 1.60. The van der Waals surface area contributed by atoms with E-state index in [0.717, 1.165) is 5.69 Å². The number of aromatic nitrogens is 2. The van der Waals surface area contributed by atoms with Crippen molar-refractivity contribution in [2.75, 3.05) is 5.73 Å². The standard InChI is InChI=1S/C9H8N3.Rb/c10-8-2-1-3-9(6-8)12-5-4-11-7-12;/h2-7H,10H2;/q-1;+1. The van der Waals surface area contributed by atoms with E-state index < -0.39 is 0 Å². The number of nitrogens with two attached hydrogens (primary N) is 1. The molecule has 0 atom stereocenters. The van der Waals surface area contributed by atoms with Gasteiger partial charge in [0.15, 0.2) is 0 Å². The van der Waals surface area contributed by atoms with Crippen molar-refractivity contribution < 1.29 is 58.2 Å². The van der Waals surface area contributed by atoms with Crippen molar-refractivity contribution in [2.24, 2.45) is 0 Å². The minimum Gasteiger partial charge on any atom is -0.449 e. The zero-order chi connectivity index (χ0) is 8.39. The average molecular weight is 244 g/mol. The average Bonchev–Trinajstić information content (AvgIpc) is 2.56. The molecule has 13 heavy (non-hydrogen) atoms. The van der Waals surface area contributed by atoms with Gasteiger partial charge in [-0.3, -0.25) is 0 Å². The predicted octanol–water partition coefficient (Wildman–Crippen LogP) is -1.74. The number of imidazole rings is 1. The van der Waals surface area contributed by atoms with E-state index in [1.807, 2.05) is 22.9 Å². The van der Waals surface area contributed by atoms with Crippen LogP contribution in [-0.4, -0.2) is 9.55 Å². The Kier molecular flexibility index (Phi) is 4.32. The molecule has 60 valence electrons. The second-order valence-corrected chi connectivity index (χ2v) is 2.49. The van der Waals surface area contributed by atoms with E-state index in [2.05, 4.69) is 11.1 Å². The maximum atomic E-state index is 5.60. The molecule has 0 aliphatic rings. The molecule has 0 radical (unpaired) electrons. The Morgan fingerprint density at radius 3 is 2.85 bits per heavy atom. The fourth-order valence-electron chi connectivity index (χ4n) is 1.04. The van der Waals surface area contributed by atoms with Gasteiger partial charge in [0.05, 0.1) is 6.33 Å². The third-order valence-electron chi connectivity index (χ3n) is 1.60. The Hall–Kier alpha value is 0.0352. The number of rotatable bonds is 1. The molecule has 1 aromatic heterocycles. The van der Waals surface area contributed by atoms with Crippen LogP contribution in [-0.2, 0) is 0 Å². The molecule has 2 rings (SSSR count). The number of hydrogen-bond donors (Lipinski definition) is 1. The molecule has 0 aliphatic carbocycles. The number of benzene rings is 1. The van der Waals surface area contributed by atoms with E-state index in [-0.39, 0.29) is 58.2 Å². The first-order valence-corrected chi connectivity index (χ1v) is 3.61. The van der Waals surface area contributed by atoms with Gasteiger partial charge in [0, 0.05) is 12.4 Å². The third kappa shape index (κ3) is 2.74. The number of anilines is 1. The van der Waals surface area contributed by atoms with E-state index in [9.17, 15) is 0 Å². The van der Waals surface area contributed by atoms with Gasteiger partial charge < -0.3 is 10.3 Å². The van der Waals surface area contributed by atoms with Crippen molar-refractivity contribution in [3.05, 3.63) is 43.0 Å². The van der Waals surface area contributed by atoms with Crippen LogP contribution < -0.4 is 63.9 Å². The van der Waals surface area contributed by atoms with Crippen LogP contribution in [0, 0.1) is 6.07 Å². The van der Waals surface area contributed by atoms with E-state index >= 15 is 0 Å². The zero-order valence-electron chi connectivity index (χ0n) is 7.44. The van der Waals surface area contributed by atoms with Crippen molar-refractivity contribution in [2.45, 2.75) is 0 Å². The molecule has 2 N–H and O–H groups in total. The monoisotopic (exact) mass is 243 g/mol. The van der Waals surface area contributed by atoms with Crippen LogP contribution in [0.3, 0.4) is 0 Å². The molecule has 0 saturated heterocycles. The molecule has 0 unspecified atom stereocenters. The van der Waals surface area contributed by atoms with Gasteiger partial charge in [-0.1, -0.05) is 11.4 Å². The summed E-state index contributed by atoms with van der Waals surface area (Å²) in [5.41, 5.74) is 7.29. The molecule has 2 aromatic rings. The number of nitrogen functional groups attached to an aromatic ring is 1. The van der Waals surface area contributed by atoms with Gasteiger partial charge in [-0.25, -0.2) is 4.98 Å². The smallest absolute Gasteiger partial charge is 0.449 e. The molecule has 1 aromatic carbocycles. The second kappa shape index (κ2) is 5.05. The summed E-state index contributed by atoms with van der Waals surface area (Å²) in [6.07, 6.45) is 5.31.